The molecule has 0 aliphatic heterocycles. The molecule has 0 spiro atoms. The molecule has 0 amide bonds. The topological polar surface area (TPSA) is 111 Å². The Bertz CT molecular complexity index is 933. The van der Waals surface area contributed by atoms with Crippen LogP contribution in [0.15, 0.2) is 28.5 Å². The first-order valence-corrected chi connectivity index (χ1v) is 10.4. The van der Waals surface area contributed by atoms with E-state index in [0.29, 0.717) is 12.8 Å². The first-order chi connectivity index (χ1) is 12.3. The van der Waals surface area contributed by atoms with E-state index in [1.165, 1.54) is 24.5 Å². The highest BCUT2D eigenvalue weighted by atomic mass is 32.2. The Morgan fingerprint density at radius 2 is 2.04 bits per heavy atom. The molecule has 1 aliphatic rings. The number of aryl methyl sites for hydroxylation is 1. The van der Waals surface area contributed by atoms with Crippen molar-refractivity contribution in [1.82, 2.24) is 9.71 Å². The highest BCUT2D eigenvalue weighted by molar-refractivity contribution is 7.89. The molecule has 10 heteroatoms. The van der Waals surface area contributed by atoms with Gasteiger partial charge in [0.2, 0.25) is 10.0 Å². The lowest BCUT2D eigenvalue weighted by molar-refractivity contribution is -0.385. The normalized spacial score (nSPS) is 16.5. The van der Waals surface area contributed by atoms with Gasteiger partial charge in [-0.25, -0.2) is 13.4 Å². The second-order valence-electron chi connectivity index (χ2n) is 6.28. The first kappa shape index (κ1) is 18.7. The van der Waals surface area contributed by atoms with Gasteiger partial charge in [-0.15, -0.1) is 11.3 Å². The lowest BCUT2D eigenvalue weighted by Gasteiger charge is -2.28. The molecule has 1 saturated carbocycles. The first-order valence-electron chi connectivity index (χ1n) is 8.06. The van der Waals surface area contributed by atoms with Gasteiger partial charge in [0.25, 0.3) is 5.69 Å². The van der Waals surface area contributed by atoms with Crippen LogP contribution in [-0.4, -0.2) is 25.4 Å². The average molecular weight is 397 g/mol. The van der Waals surface area contributed by atoms with Gasteiger partial charge in [0, 0.05) is 17.1 Å². The predicted octanol–water partition coefficient (Wildman–Crippen LogP) is 3.12. The second kappa shape index (κ2) is 6.93. The maximum atomic E-state index is 13.1. The molecule has 0 saturated heterocycles. The highest BCUT2D eigenvalue weighted by Gasteiger charge is 2.42. The Hall–Kier alpha value is -2.04. The van der Waals surface area contributed by atoms with Gasteiger partial charge in [0.1, 0.15) is 15.7 Å². The minimum Gasteiger partial charge on any atom is -0.495 e. The molecular formula is C16H19N3O5S2. The Morgan fingerprint density at radius 1 is 1.35 bits per heavy atom. The van der Waals surface area contributed by atoms with Gasteiger partial charge in [-0.3, -0.25) is 10.1 Å². The summed E-state index contributed by atoms with van der Waals surface area (Å²) in [6.45, 7) is 1.87. The van der Waals surface area contributed by atoms with Crippen LogP contribution in [0, 0.1) is 17.0 Å². The molecule has 0 radical (unpaired) electrons. The smallest absolute Gasteiger partial charge is 0.273 e. The number of nitro groups is 1. The van der Waals surface area contributed by atoms with Crippen molar-refractivity contribution >= 4 is 27.0 Å². The molecule has 1 aliphatic carbocycles. The lowest BCUT2D eigenvalue weighted by atomic mass is 10.0. The van der Waals surface area contributed by atoms with Crippen LogP contribution in [0.1, 0.15) is 36.4 Å². The maximum absolute atomic E-state index is 13.1. The van der Waals surface area contributed by atoms with Crippen LogP contribution in [0.4, 0.5) is 5.69 Å². The number of nitrogens with one attached hydrogen (secondary N) is 1. The summed E-state index contributed by atoms with van der Waals surface area (Å²) < 4.78 is 34.0. The van der Waals surface area contributed by atoms with Gasteiger partial charge in [-0.05, 0) is 25.8 Å². The third-order valence-electron chi connectivity index (χ3n) is 4.46. The molecular weight excluding hydrogens is 378 g/mol. The minimum absolute atomic E-state index is 0.0600. The number of aromatic nitrogens is 1. The van der Waals surface area contributed by atoms with Crippen LogP contribution in [0.2, 0.25) is 0 Å². The summed E-state index contributed by atoms with van der Waals surface area (Å²) in [5, 5.41) is 13.6. The Labute approximate surface area is 155 Å². The molecule has 2 aromatic rings. The van der Waals surface area contributed by atoms with E-state index in [1.54, 1.807) is 0 Å². The van der Waals surface area contributed by atoms with Crippen molar-refractivity contribution in [2.75, 3.05) is 7.11 Å². The number of thiazole rings is 1. The minimum atomic E-state index is -3.96. The zero-order chi connectivity index (χ0) is 18.9. The van der Waals surface area contributed by atoms with E-state index in [4.69, 9.17) is 4.74 Å². The highest BCUT2D eigenvalue weighted by Crippen LogP contribution is 2.42. The Kier molecular flexibility index (Phi) is 5.00. The monoisotopic (exact) mass is 397 g/mol. The van der Waals surface area contributed by atoms with Crippen molar-refractivity contribution in [3.63, 3.8) is 0 Å². The van der Waals surface area contributed by atoms with Gasteiger partial charge in [-0.2, -0.15) is 4.72 Å². The number of methoxy groups -OCH3 is 1. The van der Waals surface area contributed by atoms with E-state index in [-0.39, 0.29) is 16.3 Å². The molecule has 1 aromatic heterocycles. The number of nitrogens with zero attached hydrogens (tertiary/aromatic N) is 2. The number of rotatable bonds is 6. The second-order valence-corrected chi connectivity index (χ2v) is 8.79. The van der Waals surface area contributed by atoms with E-state index in [2.05, 4.69) is 9.71 Å². The number of ether oxygens (including phenoxy) is 1. The van der Waals surface area contributed by atoms with E-state index >= 15 is 0 Å². The van der Waals surface area contributed by atoms with Crippen LogP contribution in [-0.2, 0) is 15.6 Å². The summed E-state index contributed by atoms with van der Waals surface area (Å²) in [5.74, 6) is -0.0600. The molecule has 26 heavy (non-hydrogen) atoms. The van der Waals surface area contributed by atoms with Crippen molar-refractivity contribution in [1.29, 1.82) is 0 Å². The Morgan fingerprint density at radius 3 is 2.58 bits per heavy atom. The van der Waals surface area contributed by atoms with Crippen molar-refractivity contribution in [3.8, 4) is 5.75 Å². The molecule has 1 aromatic carbocycles. The summed E-state index contributed by atoms with van der Waals surface area (Å²) in [6.07, 6.45) is 3.13. The van der Waals surface area contributed by atoms with E-state index in [0.717, 1.165) is 35.7 Å². The molecule has 1 N–H and O–H groups in total. The van der Waals surface area contributed by atoms with Crippen molar-refractivity contribution in [3.05, 3.63) is 44.4 Å². The van der Waals surface area contributed by atoms with E-state index in [1.807, 2.05) is 12.3 Å². The van der Waals surface area contributed by atoms with Gasteiger partial charge < -0.3 is 4.74 Å². The van der Waals surface area contributed by atoms with Crippen LogP contribution in [0.25, 0.3) is 0 Å². The SMILES string of the molecule is COc1cc([N+](=O)[O-])ccc1S(=O)(=O)NC1(c2nc(C)cs2)CCCC1. The third-order valence-corrected chi connectivity index (χ3v) is 7.20. The zero-order valence-corrected chi connectivity index (χ0v) is 16.0. The molecule has 3 rings (SSSR count). The lowest BCUT2D eigenvalue weighted by Crippen LogP contribution is -2.43. The summed E-state index contributed by atoms with van der Waals surface area (Å²) in [4.78, 5) is 14.7. The quantitative estimate of drug-likeness (QED) is 0.592. The van der Waals surface area contributed by atoms with E-state index in [9.17, 15) is 18.5 Å². The molecule has 140 valence electrons. The number of non-ortho nitro benzene ring substituents is 1. The van der Waals surface area contributed by atoms with Crippen molar-refractivity contribution < 1.29 is 18.1 Å². The van der Waals surface area contributed by atoms with Gasteiger partial charge in [0.05, 0.1) is 23.6 Å². The number of benzene rings is 1. The summed E-state index contributed by atoms with van der Waals surface area (Å²) >= 11 is 1.44. The van der Waals surface area contributed by atoms with Crippen LogP contribution in [0.3, 0.4) is 0 Å². The molecule has 1 heterocycles. The fourth-order valence-corrected chi connectivity index (χ4v) is 5.87. The fraction of sp³-hybridized carbons (Fsp3) is 0.438. The van der Waals surface area contributed by atoms with Gasteiger partial charge >= 0.3 is 0 Å². The van der Waals surface area contributed by atoms with Crippen LogP contribution in [0.5, 0.6) is 5.75 Å². The summed E-state index contributed by atoms with van der Waals surface area (Å²) in [5.41, 5.74) is -0.125. The zero-order valence-electron chi connectivity index (χ0n) is 14.4. The molecule has 8 nitrogen and oxygen atoms in total. The number of sulfonamides is 1. The van der Waals surface area contributed by atoms with Crippen LogP contribution >= 0.6 is 11.3 Å². The number of hydrogen-bond donors (Lipinski definition) is 1. The molecule has 0 atom stereocenters. The maximum Gasteiger partial charge on any atom is 0.273 e. The third kappa shape index (κ3) is 3.44. The molecule has 0 unspecified atom stereocenters. The predicted molar refractivity (Wildman–Crippen MR) is 97.0 cm³/mol. The number of hydrogen-bond acceptors (Lipinski definition) is 7. The molecule has 1 fully saturated rings. The fourth-order valence-electron chi connectivity index (χ4n) is 3.22. The molecule has 0 bridgehead atoms. The summed E-state index contributed by atoms with van der Waals surface area (Å²) in [7, 11) is -2.67. The Balaban J connectivity index is 2.01. The van der Waals surface area contributed by atoms with Gasteiger partial charge in [0.15, 0.2) is 0 Å². The van der Waals surface area contributed by atoms with E-state index < -0.39 is 20.5 Å². The summed E-state index contributed by atoms with van der Waals surface area (Å²) in [6, 6.07) is 3.48. The average Bonchev–Trinajstić information content (AvgIpc) is 3.23. The standard InChI is InChI=1S/C16H19N3O5S2/c1-11-10-25-15(17-11)16(7-3-4-8-16)18-26(22,23)14-6-5-12(19(20)21)9-13(14)24-2/h5-6,9-10,18H,3-4,7-8H2,1-2H3. The van der Waals surface area contributed by atoms with Gasteiger partial charge in [-0.1, -0.05) is 12.8 Å². The van der Waals surface area contributed by atoms with Crippen molar-refractivity contribution in [2.24, 2.45) is 0 Å². The van der Waals surface area contributed by atoms with Crippen LogP contribution < -0.4 is 9.46 Å². The largest absolute Gasteiger partial charge is 0.495 e. The number of nitro benzene ring substituents is 1. The van der Waals surface area contributed by atoms with Crippen molar-refractivity contribution in [2.45, 2.75) is 43.0 Å².